The maximum absolute atomic E-state index is 13.8. The van der Waals surface area contributed by atoms with Gasteiger partial charge in [-0.05, 0) is 25.1 Å². The number of halogens is 1. The first-order valence-electron chi connectivity index (χ1n) is 4.87. The van der Waals surface area contributed by atoms with Gasteiger partial charge in [-0.3, -0.25) is 0 Å². The molecule has 0 amide bonds. The summed E-state index contributed by atoms with van der Waals surface area (Å²) in [5, 5.41) is 0.331. The number of aromatic nitrogens is 1. The Hall–Kier alpha value is -2.04. The van der Waals surface area contributed by atoms with E-state index in [1.54, 1.807) is 19.1 Å². The lowest BCUT2D eigenvalue weighted by atomic mass is 10.2. The molecule has 0 saturated carbocycles. The summed E-state index contributed by atoms with van der Waals surface area (Å²) >= 11 is 0. The van der Waals surface area contributed by atoms with E-state index in [0.717, 1.165) is 0 Å². The van der Waals surface area contributed by atoms with Gasteiger partial charge in [-0.1, -0.05) is 0 Å². The van der Waals surface area contributed by atoms with Crippen LogP contribution in [-0.4, -0.2) is 17.6 Å². The highest BCUT2D eigenvalue weighted by Gasteiger charge is 2.18. The number of esters is 1. The van der Waals surface area contributed by atoms with E-state index in [4.69, 9.17) is 10.5 Å². The number of rotatable bonds is 2. The average molecular weight is 222 g/mol. The maximum atomic E-state index is 13.8. The zero-order chi connectivity index (χ0) is 11.7. The van der Waals surface area contributed by atoms with Crippen LogP contribution < -0.4 is 5.73 Å². The molecule has 0 fully saturated rings. The minimum atomic E-state index is -0.699. The van der Waals surface area contributed by atoms with Crippen molar-refractivity contribution in [2.45, 2.75) is 6.92 Å². The maximum Gasteiger partial charge on any atom is 0.357 e. The van der Waals surface area contributed by atoms with Crippen molar-refractivity contribution in [1.82, 2.24) is 4.98 Å². The molecule has 1 aromatic carbocycles. The van der Waals surface area contributed by atoms with Crippen LogP contribution in [0.15, 0.2) is 18.2 Å². The van der Waals surface area contributed by atoms with Crippen LogP contribution in [0, 0.1) is 5.82 Å². The Bertz CT molecular complexity index is 548. The van der Waals surface area contributed by atoms with Crippen LogP contribution in [0.4, 0.5) is 10.1 Å². The first kappa shape index (κ1) is 10.5. The summed E-state index contributed by atoms with van der Waals surface area (Å²) in [5.74, 6) is -1.30. The van der Waals surface area contributed by atoms with Crippen molar-refractivity contribution in [3.8, 4) is 0 Å². The number of nitrogen functional groups attached to an aromatic ring is 1. The summed E-state index contributed by atoms with van der Waals surface area (Å²) in [6.07, 6.45) is 0. The van der Waals surface area contributed by atoms with Crippen molar-refractivity contribution in [2.24, 2.45) is 0 Å². The molecular formula is C11H11FN2O2. The number of hydrogen-bond acceptors (Lipinski definition) is 3. The van der Waals surface area contributed by atoms with Gasteiger partial charge in [0.15, 0.2) is 11.5 Å². The third-order valence-corrected chi connectivity index (χ3v) is 2.24. The lowest BCUT2D eigenvalue weighted by molar-refractivity contribution is 0.0515. The Morgan fingerprint density at radius 3 is 3.00 bits per heavy atom. The molecular weight excluding hydrogens is 211 g/mol. The minimum Gasteiger partial charge on any atom is -0.461 e. The van der Waals surface area contributed by atoms with Gasteiger partial charge in [0.1, 0.15) is 0 Å². The fourth-order valence-electron chi connectivity index (χ4n) is 1.52. The molecule has 0 bridgehead atoms. The molecule has 0 radical (unpaired) electrons. The molecule has 0 saturated heterocycles. The van der Waals surface area contributed by atoms with Gasteiger partial charge in [0, 0.05) is 11.1 Å². The van der Waals surface area contributed by atoms with Crippen molar-refractivity contribution in [2.75, 3.05) is 12.3 Å². The topological polar surface area (TPSA) is 68.1 Å². The van der Waals surface area contributed by atoms with E-state index >= 15 is 0 Å². The van der Waals surface area contributed by atoms with Gasteiger partial charge >= 0.3 is 5.97 Å². The highest BCUT2D eigenvalue weighted by Crippen LogP contribution is 2.23. The smallest absolute Gasteiger partial charge is 0.357 e. The molecule has 0 aliphatic heterocycles. The van der Waals surface area contributed by atoms with Crippen molar-refractivity contribution in [1.29, 1.82) is 0 Å². The Morgan fingerprint density at radius 2 is 2.31 bits per heavy atom. The fourth-order valence-corrected chi connectivity index (χ4v) is 1.52. The van der Waals surface area contributed by atoms with Crippen LogP contribution in [0.5, 0.6) is 0 Å². The first-order chi connectivity index (χ1) is 7.63. The predicted molar refractivity (Wildman–Crippen MR) is 58.6 cm³/mol. The van der Waals surface area contributed by atoms with Crippen LogP contribution in [-0.2, 0) is 4.74 Å². The van der Waals surface area contributed by atoms with Crippen LogP contribution in [0.1, 0.15) is 17.4 Å². The van der Waals surface area contributed by atoms with Crippen molar-refractivity contribution < 1.29 is 13.9 Å². The van der Waals surface area contributed by atoms with Crippen LogP contribution in [0.2, 0.25) is 0 Å². The SMILES string of the molecule is CCOC(=O)c1[nH]c2cc(N)ccc2c1F. The lowest BCUT2D eigenvalue weighted by Gasteiger charge is -1.97. The second kappa shape index (κ2) is 3.84. The second-order valence-corrected chi connectivity index (χ2v) is 3.34. The molecule has 0 spiro atoms. The molecule has 2 aromatic rings. The van der Waals surface area contributed by atoms with E-state index < -0.39 is 11.8 Å². The molecule has 4 nitrogen and oxygen atoms in total. The fraction of sp³-hybridized carbons (Fsp3) is 0.182. The number of nitrogens with one attached hydrogen (secondary N) is 1. The van der Waals surface area contributed by atoms with Gasteiger partial charge in [0.2, 0.25) is 0 Å². The average Bonchev–Trinajstić information content (AvgIpc) is 2.56. The Balaban J connectivity index is 2.55. The highest BCUT2D eigenvalue weighted by atomic mass is 19.1. The Morgan fingerprint density at radius 1 is 1.56 bits per heavy atom. The molecule has 0 aliphatic carbocycles. The van der Waals surface area contributed by atoms with E-state index in [0.29, 0.717) is 16.6 Å². The van der Waals surface area contributed by atoms with Gasteiger partial charge in [0.05, 0.1) is 12.1 Å². The molecule has 0 atom stereocenters. The van der Waals surface area contributed by atoms with Gasteiger partial charge in [0.25, 0.3) is 0 Å². The number of aromatic amines is 1. The number of ether oxygens (including phenoxy) is 1. The summed E-state index contributed by atoms with van der Waals surface area (Å²) in [5.41, 5.74) is 6.39. The number of benzene rings is 1. The van der Waals surface area contributed by atoms with Crippen LogP contribution in [0.25, 0.3) is 10.9 Å². The normalized spacial score (nSPS) is 10.6. The monoisotopic (exact) mass is 222 g/mol. The number of anilines is 1. The van der Waals surface area contributed by atoms with Gasteiger partial charge in [-0.15, -0.1) is 0 Å². The third kappa shape index (κ3) is 1.60. The molecule has 2 rings (SSSR count). The van der Waals surface area contributed by atoms with E-state index in [-0.39, 0.29) is 12.3 Å². The molecule has 84 valence electrons. The largest absolute Gasteiger partial charge is 0.461 e. The molecule has 0 unspecified atom stereocenters. The van der Waals surface area contributed by atoms with Gasteiger partial charge in [-0.25, -0.2) is 9.18 Å². The number of fused-ring (bicyclic) bond motifs is 1. The second-order valence-electron chi connectivity index (χ2n) is 3.34. The zero-order valence-corrected chi connectivity index (χ0v) is 8.71. The number of nitrogens with two attached hydrogens (primary N) is 1. The molecule has 1 aromatic heterocycles. The highest BCUT2D eigenvalue weighted by molar-refractivity contribution is 5.96. The quantitative estimate of drug-likeness (QED) is 0.603. The van der Waals surface area contributed by atoms with Crippen molar-refractivity contribution in [3.05, 3.63) is 29.7 Å². The number of hydrogen-bond donors (Lipinski definition) is 2. The van der Waals surface area contributed by atoms with Crippen molar-refractivity contribution in [3.63, 3.8) is 0 Å². The zero-order valence-electron chi connectivity index (χ0n) is 8.71. The molecule has 1 heterocycles. The van der Waals surface area contributed by atoms with E-state index in [9.17, 15) is 9.18 Å². The van der Waals surface area contributed by atoms with Crippen LogP contribution >= 0.6 is 0 Å². The lowest BCUT2D eigenvalue weighted by Crippen LogP contribution is -2.06. The number of carbonyl (C=O) groups excluding carboxylic acids is 1. The summed E-state index contributed by atoms with van der Waals surface area (Å²) < 4.78 is 18.5. The van der Waals surface area contributed by atoms with E-state index in [1.807, 2.05) is 0 Å². The summed E-state index contributed by atoms with van der Waals surface area (Å²) in [6.45, 7) is 1.87. The summed E-state index contributed by atoms with van der Waals surface area (Å²) in [4.78, 5) is 14.1. The van der Waals surface area contributed by atoms with Crippen molar-refractivity contribution >= 4 is 22.6 Å². The Labute approximate surface area is 91.2 Å². The van der Waals surface area contributed by atoms with E-state index in [2.05, 4.69) is 4.98 Å². The number of H-pyrrole nitrogens is 1. The van der Waals surface area contributed by atoms with E-state index in [1.165, 1.54) is 6.07 Å². The first-order valence-corrected chi connectivity index (χ1v) is 4.87. The number of carbonyl (C=O) groups is 1. The van der Waals surface area contributed by atoms with Crippen LogP contribution in [0.3, 0.4) is 0 Å². The predicted octanol–water partition coefficient (Wildman–Crippen LogP) is 2.07. The molecule has 16 heavy (non-hydrogen) atoms. The summed E-state index contributed by atoms with van der Waals surface area (Å²) in [7, 11) is 0. The summed E-state index contributed by atoms with van der Waals surface area (Å²) in [6, 6.07) is 4.68. The molecule has 5 heteroatoms. The minimum absolute atomic E-state index is 0.164. The molecule has 0 aliphatic rings. The standard InChI is InChI=1S/C11H11FN2O2/c1-2-16-11(15)10-9(12)7-4-3-6(13)5-8(7)14-10/h3-5,14H,2,13H2,1H3. The van der Waals surface area contributed by atoms with Gasteiger partial charge in [-0.2, -0.15) is 0 Å². The Kier molecular flexibility index (Phi) is 2.52. The molecule has 3 N–H and O–H groups in total. The van der Waals surface area contributed by atoms with Gasteiger partial charge < -0.3 is 15.5 Å². The third-order valence-electron chi connectivity index (χ3n) is 2.24.